The number of carbonyl (C=O) groups is 2. The molecule has 1 rings (SSSR count). The van der Waals surface area contributed by atoms with Gasteiger partial charge in [0.15, 0.2) is 9.84 Å². The Morgan fingerprint density at radius 2 is 1.71 bits per heavy atom. The number of sulfone groups is 1. The number of carbonyl (C=O) groups excluding carboxylic acids is 2. The molecule has 0 aliphatic heterocycles. The summed E-state index contributed by atoms with van der Waals surface area (Å²) < 4.78 is 36.8. The summed E-state index contributed by atoms with van der Waals surface area (Å²) in [6.07, 6.45) is -0.823. The average molecular weight is 322 g/mol. The first-order valence-corrected chi connectivity index (χ1v) is 7.13. The molecule has 0 saturated carbocycles. The molecule has 0 fully saturated rings. The number of benzene rings is 1. The lowest BCUT2D eigenvalue weighted by molar-refractivity contribution is -0.244. The second-order valence-corrected chi connectivity index (χ2v) is 6.04. The van der Waals surface area contributed by atoms with Crippen LogP contribution < -0.4 is 0 Å². The van der Waals surface area contributed by atoms with Gasteiger partial charge in [-0.2, -0.15) is 10.5 Å². The van der Waals surface area contributed by atoms with Crippen molar-refractivity contribution in [3.05, 3.63) is 30.1 Å². The van der Waals surface area contributed by atoms with Crippen molar-refractivity contribution in [2.24, 2.45) is 5.92 Å². The molecule has 2 N–H and O–H groups in total. The van der Waals surface area contributed by atoms with Gasteiger partial charge < -0.3 is 9.78 Å². The highest BCUT2D eigenvalue weighted by Gasteiger charge is 2.31. The highest BCUT2D eigenvalue weighted by Crippen LogP contribution is 2.18. The van der Waals surface area contributed by atoms with Crippen LogP contribution in [0.3, 0.4) is 0 Å². The molecule has 10 heteroatoms. The fourth-order valence-electron chi connectivity index (χ4n) is 1.53. The van der Waals surface area contributed by atoms with E-state index in [0.29, 0.717) is 0 Å². The summed E-state index contributed by atoms with van der Waals surface area (Å²) in [7, 11) is -4.05. The van der Waals surface area contributed by atoms with E-state index in [1.165, 1.54) is 0 Å². The Labute approximate surface area is 118 Å². The molecule has 1 aromatic carbocycles. The SMILES string of the molecule is O=C(CC(CS(=O)(=O)c1ccc(F)cc1)C(=O)OO)OO. The standard InChI is InChI=1S/C11H11FO8S/c12-8-1-3-9(4-2-8)21(17,18)6-7(11(14)20-16)5-10(13)19-15/h1-4,7,15-16H,5-6H2. The van der Waals surface area contributed by atoms with Crippen LogP contribution in [0.25, 0.3) is 0 Å². The van der Waals surface area contributed by atoms with Gasteiger partial charge in [0.1, 0.15) is 5.82 Å². The Hall–Kier alpha value is -2.04. The first-order chi connectivity index (χ1) is 9.80. The number of rotatable bonds is 6. The minimum Gasteiger partial charge on any atom is -0.301 e. The normalized spacial score (nSPS) is 12.5. The molecule has 0 aliphatic rings. The van der Waals surface area contributed by atoms with E-state index < -0.39 is 45.7 Å². The lowest BCUT2D eigenvalue weighted by Gasteiger charge is -2.12. The van der Waals surface area contributed by atoms with Crippen molar-refractivity contribution >= 4 is 21.8 Å². The van der Waals surface area contributed by atoms with Crippen LogP contribution in [-0.4, -0.2) is 36.6 Å². The van der Waals surface area contributed by atoms with Gasteiger partial charge in [-0.1, -0.05) is 0 Å². The van der Waals surface area contributed by atoms with Crippen molar-refractivity contribution in [1.29, 1.82) is 0 Å². The summed E-state index contributed by atoms with van der Waals surface area (Å²) >= 11 is 0. The third kappa shape index (κ3) is 4.77. The number of hydrogen-bond acceptors (Lipinski definition) is 8. The monoisotopic (exact) mass is 322 g/mol. The van der Waals surface area contributed by atoms with Gasteiger partial charge in [0.25, 0.3) is 0 Å². The van der Waals surface area contributed by atoms with Crippen LogP contribution in [0.4, 0.5) is 4.39 Å². The van der Waals surface area contributed by atoms with Crippen molar-refractivity contribution in [1.82, 2.24) is 0 Å². The van der Waals surface area contributed by atoms with E-state index in [1.54, 1.807) is 0 Å². The molecule has 0 heterocycles. The summed E-state index contributed by atoms with van der Waals surface area (Å²) in [4.78, 5) is 28.6. The van der Waals surface area contributed by atoms with Crippen LogP contribution in [-0.2, 0) is 29.2 Å². The van der Waals surface area contributed by atoms with E-state index >= 15 is 0 Å². The van der Waals surface area contributed by atoms with Gasteiger partial charge in [-0.15, -0.1) is 0 Å². The van der Waals surface area contributed by atoms with E-state index in [0.717, 1.165) is 24.3 Å². The summed E-state index contributed by atoms with van der Waals surface area (Å²) in [5, 5.41) is 16.4. The molecule has 0 amide bonds. The molecule has 1 aromatic rings. The van der Waals surface area contributed by atoms with Gasteiger partial charge in [0.2, 0.25) is 0 Å². The third-order valence-electron chi connectivity index (χ3n) is 2.53. The van der Waals surface area contributed by atoms with Crippen molar-refractivity contribution in [2.45, 2.75) is 11.3 Å². The third-order valence-corrected chi connectivity index (χ3v) is 4.36. The van der Waals surface area contributed by atoms with E-state index in [9.17, 15) is 22.4 Å². The molecule has 116 valence electrons. The molecule has 21 heavy (non-hydrogen) atoms. The molecule has 0 aliphatic carbocycles. The van der Waals surface area contributed by atoms with E-state index in [1.807, 2.05) is 0 Å². The average Bonchev–Trinajstić information content (AvgIpc) is 2.45. The van der Waals surface area contributed by atoms with Crippen LogP contribution in [0.1, 0.15) is 6.42 Å². The van der Waals surface area contributed by atoms with Gasteiger partial charge >= 0.3 is 11.9 Å². The fourth-order valence-corrected chi connectivity index (χ4v) is 3.05. The number of halogens is 1. The van der Waals surface area contributed by atoms with Gasteiger partial charge in [0, 0.05) is 0 Å². The molecule has 0 spiro atoms. The Bertz CT molecular complexity index is 610. The summed E-state index contributed by atoms with van der Waals surface area (Å²) in [5.41, 5.74) is 0. The zero-order chi connectivity index (χ0) is 16.0. The minimum atomic E-state index is -4.05. The Balaban J connectivity index is 2.98. The molecule has 0 radical (unpaired) electrons. The maximum absolute atomic E-state index is 12.7. The predicted octanol–water partition coefficient (Wildman–Crippen LogP) is 0.638. The lowest BCUT2D eigenvalue weighted by Crippen LogP contribution is -2.28. The Morgan fingerprint density at radius 1 is 1.14 bits per heavy atom. The zero-order valence-corrected chi connectivity index (χ0v) is 11.2. The van der Waals surface area contributed by atoms with E-state index in [-0.39, 0.29) is 4.90 Å². The first-order valence-electron chi connectivity index (χ1n) is 5.48. The van der Waals surface area contributed by atoms with Crippen LogP contribution in [0.5, 0.6) is 0 Å². The topological polar surface area (TPSA) is 127 Å². The van der Waals surface area contributed by atoms with Crippen LogP contribution in [0.2, 0.25) is 0 Å². The van der Waals surface area contributed by atoms with Gasteiger partial charge in [-0.05, 0) is 24.3 Å². The Kier molecular flexibility index (Phi) is 5.76. The highest BCUT2D eigenvalue weighted by atomic mass is 32.2. The summed E-state index contributed by atoms with van der Waals surface area (Å²) in [6.45, 7) is 0. The second-order valence-electron chi connectivity index (χ2n) is 4.01. The molecular weight excluding hydrogens is 311 g/mol. The van der Waals surface area contributed by atoms with E-state index in [4.69, 9.17) is 10.5 Å². The van der Waals surface area contributed by atoms with Crippen LogP contribution in [0, 0.1) is 11.7 Å². The largest absolute Gasteiger partial charge is 0.346 e. The summed E-state index contributed by atoms with van der Waals surface area (Å²) in [6, 6.07) is 3.79. The smallest absolute Gasteiger partial charge is 0.301 e. The molecular formula is C11H11FO8S. The first kappa shape index (κ1) is 17.0. The van der Waals surface area contributed by atoms with Gasteiger partial charge in [-0.25, -0.2) is 22.4 Å². The predicted molar refractivity (Wildman–Crippen MR) is 64.0 cm³/mol. The lowest BCUT2D eigenvalue weighted by atomic mass is 10.1. The van der Waals surface area contributed by atoms with Crippen LogP contribution >= 0.6 is 0 Å². The molecule has 8 nitrogen and oxygen atoms in total. The number of hydrogen-bond donors (Lipinski definition) is 2. The van der Waals surface area contributed by atoms with Crippen molar-refractivity contribution in [3.8, 4) is 0 Å². The molecule has 0 aromatic heterocycles. The maximum atomic E-state index is 12.7. The fraction of sp³-hybridized carbons (Fsp3) is 0.273. The maximum Gasteiger partial charge on any atom is 0.346 e. The minimum absolute atomic E-state index is 0.281. The highest BCUT2D eigenvalue weighted by molar-refractivity contribution is 7.91. The van der Waals surface area contributed by atoms with Gasteiger partial charge in [0.05, 0.1) is 23.0 Å². The summed E-state index contributed by atoms with van der Waals surface area (Å²) in [5.74, 6) is -5.80. The molecule has 0 bridgehead atoms. The van der Waals surface area contributed by atoms with Crippen LogP contribution in [0.15, 0.2) is 29.2 Å². The van der Waals surface area contributed by atoms with Crippen molar-refractivity contribution in [2.75, 3.05) is 5.75 Å². The molecule has 0 saturated heterocycles. The van der Waals surface area contributed by atoms with Crippen molar-refractivity contribution in [3.63, 3.8) is 0 Å². The van der Waals surface area contributed by atoms with Crippen molar-refractivity contribution < 1.29 is 42.7 Å². The van der Waals surface area contributed by atoms with E-state index in [2.05, 4.69) is 9.78 Å². The quantitative estimate of drug-likeness (QED) is 0.444. The molecule has 1 atom stereocenters. The van der Waals surface area contributed by atoms with Gasteiger partial charge in [-0.3, -0.25) is 0 Å². The Morgan fingerprint density at radius 3 is 2.19 bits per heavy atom. The zero-order valence-electron chi connectivity index (χ0n) is 10.4. The molecule has 1 unspecified atom stereocenters. The second kappa shape index (κ2) is 7.11.